The summed E-state index contributed by atoms with van der Waals surface area (Å²) in [6.45, 7) is 0.420. The van der Waals surface area contributed by atoms with Crippen molar-refractivity contribution in [1.82, 2.24) is 0 Å². The number of nitrogens with two attached hydrogens (primary N) is 1. The largest absolute Gasteiger partial charge is 0.496 e. The molecule has 0 amide bonds. The predicted octanol–water partition coefficient (Wildman–Crippen LogP) is 4.38. The molecule has 19 heavy (non-hydrogen) atoms. The van der Waals surface area contributed by atoms with Gasteiger partial charge in [0.2, 0.25) is 0 Å². The number of hydrogen-bond acceptors (Lipinski definition) is 3. The van der Waals surface area contributed by atoms with Crippen LogP contribution in [0.5, 0.6) is 11.5 Å². The molecule has 0 radical (unpaired) electrons. The summed E-state index contributed by atoms with van der Waals surface area (Å²) >= 11 is 6.87. The minimum atomic E-state index is 0.420. The molecule has 0 bridgehead atoms. The van der Waals surface area contributed by atoms with Crippen molar-refractivity contribution in [3.05, 3.63) is 50.9 Å². The minimum Gasteiger partial charge on any atom is -0.496 e. The first-order valence-corrected chi connectivity index (χ1v) is 7.19. The van der Waals surface area contributed by atoms with E-state index in [1.165, 1.54) is 0 Å². The molecule has 5 heteroatoms. The van der Waals surface area contributed by atoms with Crippen molar-refractivity contribution in [1.29, 1.82) is 0 Å². The van der Waals surface area contributed by atoms with Crippen molar-refractivity contribution in [3.8, 4) is 11.5 Å². The molecule has 0 aromatic heterocycles. The molecule has 0 heterocycles. The Morgan fingerprint density at radius 1 is 1.05 bits per heavy atom. The fourth-order valence-corrected chi connectivity index (χ4v) is 2.79. The number of halogens is 2. The lowest BCUT2D eigenvalue weighted by Crippen LogP contribution is -2.00. The average molecular weight is 387 g/mol. The zero-order chi connectivity index (χ0) is 13.8. The van der Waals surface area contributed by atoms with Gasteiger partial charge in [-0.15, -0.1) is 0 Å². The van der Waals surface area contributed by atoms with E-state index in [9.17, 15) is 0 Å². The van der Waals surface area contributed by atoms with Crippen LogP contribution in [0.15, 0.2) is 45.3 Å². The van der Waals surface area contributed by atoms with Gasteiger partial charge in [-0.25, -0.2) is 0 Å². The molecule has 2 N–H and O–H groups in total. The Hall–Kier alpha value is -1.20. The molecule has 0 atom stereocenters. The molecule has 100 valence electrons. The van der Waals surface area contributed by atoms with Crippen LogP contribution in [0.3, 0.4) is 0 Å². The zero-order valence-electron chi connectivity index (χ0n) is 10.3. The number of methoxy groups -OCH3 is 1. The summed E-state index contributed by atoms with van der Waals surface area (Å²) in [5.74, 6) is 1.51. The summed E-state index contributed by atoms with van der Waals surface area (Å²) in [6, 6.07) is 11.3. The minimum absolute atomic E-state index is 0.420. The van der Waals surface area contributed by atoms with Gasteiger partial charge < -0.3 is 15.2 Å². The Balaban J connectivity index is 2.14. The molecule has 0 aliphatic rings. The highest BCUT2D eigenvalue weighted by Crippen LogP contribution is 2.30. The Bertz CT molecular complexity index is 588. The van der Waals surface area contributed by atoms with E-state index in [1.54, 1.807) is 13.2 Å². The third kappa shape index (κ3) is 3.64. The fourth-order valence-electron chi connectivity index (χ4n) is 1.63. The van der Waals surface area contributed by atoms with Gasteiger partial charge in [0.1, 0.15) is 18.1 Å². The molecule has 0 saturated heterocycles. The van der Waals surface area contributed by atoms with Crippen LogP contribution >= 0.6 is 31.9 Å². The maximum absolute atomic E-state index is 5.77. The molecule has 2 aromatic rings. The zero-order valence-corrected chi connectivity index (χ0v) is 13.5. The third-order valence-corrected chi connectivity index (χ3v) is 3.70. The molecule has 2 aromatic carbocycles. The highest BCUT2D eigenvalue weighted by Gasteiger charge is 2.06. The second-order valence-corrected chi connectivity index (χ2v) is 5.70. The Labute approximate surface area is 129 Å². The number of anilines is 1. The molecule has 0 aliphatic heterocycles. The molecule has 0 spiro atoms. The Morgan fingerprint density at radius 2 is 1.84 bits per heavy atom. The van der Waals surface area contributed by atoms with Crippen LogP contribution < -0.4 is 15.2 Å². The quantitative estimate of drug-likeness (QED) is 0.793. The summed E-state index contributed by atoms with van der Waals surface area (Å²) in [4.78, 5) is 0. The van der Waals surface area contributed by atoms with Crippen LogP contribution in [-0.4, -0.2) is 7.11 Å². The third-order valence-electron chi connectivity index (χ3n) is 2.59. The van der Waals surface area contributed by atoms with E-state index >= 15 is 0 Å². The molecule has 0 fully saturated rings. The maximum Gasteiger partial charge on any atom is 0.134 e. The van der Waals surface area contributed by atoms with Crippen LogP contribution in [0.4, 0.5) is 5.69 Å². The summed E-state index contributed by atoms with van der Waals surface area (Å²) < 4.78 is 13.0. The lowest BCUT2D eigenvalue weighted by Gasteiger charge is -2.12. The van der Waals surface area contributed by atoms with Gasteiger partial charge in [0.05, 0.1) is 11.6 Å². The van der Waals surface area contributed by atoms with Crippen molar-refractivity contribution in [2.45, 2.75) is 6.61 Å². The summed E-state index contributed by atoms with van der Waals surface area (Å²) in [5.41, 5.74) is 7.34. The molecular weight excluding hydrogens is 374 g/mol. The Morgan fingerprint density at radius 3 is 2.53 bits per heavy atom. The average Bonchev–Trinajstić information content (AvgIpc) is 2.39. The van der Waals surface area contributed by atoms with Crippen molar-refractivity contribution < 1.29 is 9.47 Å². The van der Waals surface area contributed by atoms with E-state index in [0.29, 0.717) is 12.3 Å². The van der Waals surface area contributed by atoms with Crippen LogP contribution in [-0.2, 0) is 6.61 Å². The summed E-state index contributed by atoms with van der Waals surface area (Å²) in [6.07, 6.45) is 0. The number of rotatable bonds is 4. The molecule has 2 rings (SSSR count). The van der Waals surface area contributed by atoms with Gasteiger partial charge in [-0.3, -0.25) is 0 Å². The van der Waals surface area contributed by atoms with Crippen molar-refractivity contribution >= 4 is 37.5 Å². The van der Waals surface area contributed by atoms with Crippen LogP contribution in [0.2, 0.25) is 0 Å². The lowest BCUT2D eigenvalue weighted by atomic mass is 10.2. The monoisotopic (exact) mass is 385 g/mol. The number of benzene rings is 2. The smallest absolute Gasteiger partial charge is 0.134 e. The first-order valence-electron chi connectivity index (χ1n) is 5.60. The summed E-state index contributed by atoms with van der Waals surface area (Å²) in [7, 11) is 1.62. The predicted molar refractivity (Wildman–Crippen MR) is 83.6 cm³/mol. The molecule has 0 saturated carbocycles. The van der Waals surface area contributed by atoms with Gasteiger partial charge >= 0.3 is 0 Å². The molecule has 0 unspecified atom stereocenters. The highest BCUT2D eigenvalue weighted by molar-refractivity contribution is 9.11. The topological polar surface area (TPSA) is 44.5 Å². The van der Waals surface area contributed by atoms with Gasteiger partial charge in [0.25, 0.3) is 0 Å². The van der Waals surface area contributed by atoms with Gasteiger partial charge in [-0.1, -0.05) is 15.9 Å². The van der Waals surface area contributed by atoms with E-state index in [0.717, 1.165) is 26.0 Å². The second kappa shape index (κ2) is 6.30. The molecule has 3 nitrogen and oxygen atoms in total. The number of nitrogen functional groups attached to an aromatic ring is 1. The van der Waals surface area contributed by atoms with Crippen molar-refractivity contribution in [2.24, 2.45) is 0 Å². The van der Waals surface area contributed by atoms with Gasteiger partial charge in [-0.2, -0.15) is 0 Å². The van der Waals surface area contributed by atoms with E-state index in [4.69, 9.17) is 15.2 Å². The fraction of sp³-hybridized carbons (Fsp3) is 0.143. The number of ether oxygens (including phenoxy) is 2. The van der Waals surface area contributed by atoms with Gasteiger partial charge in [0, 0.05) is 21.8 Å². The highest BCUT2D eigenvalue weighted by atomic mass is 79.9. The normalized spacial score (nSPS) is 10.3. The lowest BCUT2D eigenvalue weighted by molar-refractivity contribution is 0.295. The summed E-state index contributed by atoms with van der Waals surface area (Å²) in [5, 5.41) is 0. The van der Waals surface area contributed by atoms with Crippen LogP contribution in [0.25, 0.3) is 0 Å². The van der Waals surface area contributed by atoms with E-state index in [2.05, 4.69) is 31.9 Å². The molecular formula is C14H13Br2NO2. The Kier molecular flexibility index (Phi) is 4.71. The first kappa shape index (κ1) is 14.2. The van der Waals surface area contributed by atoms with Gasteiger partial charge in [-0.05, 0) is 46.3 Å². The van der Waals surface area contributed by atoms with Crippen molar-refractivity contribution in [2.75, 3.05) is 12.8 Å². The SMILES string of the molecule is COc1cc(N)ccc1COc1ccc(Br)cc1Br. The van der Waals surface area contributed by atoms with E-state index in [-0.39, 0.29) is 0 Å². The molecule has 0 aliphatic carbocycles. The first-order chi connectivity index (χ1) is 9.10. The van der Waals surface area contributed by atoms with Gasteiger partial charge in [0.15, 0.2) is 0 Å². The standard InChI is InChI=1S/C14H13Br2NO2/c1-18-14-7-11(17)4-2-9(14)8-19-13-5-3-10(15)6-12(13)16/h2-7H,8,17H2,1H3. The van der Waals surface area contributed by atoms with Crippen LogP contribution in [0, 0.1) is 0 Å². The number of hydrogen-bond donors (Lipinski definition) is 1. The van der Waals surface area contributed by atoms with E-state index in [1.807, 2.05) is 30.3 Å². The maximum atomic E-state index is 5.77. The van der Waals surface area contributed by atoms with E-state index < -0.39 is 0 Å². The van der Waals surface area contributed by atoms with Crippen LogP contribution in [0.1, 0.15) is 5.56 Å². The van der Waals surface area contributed by atoms with Crippen molar-refractivity contribution in [3.63, 3.8) is 0 Å². The second-order valence-electron chi connectivity index (χ2n) is 3.93.